The Hall–Kier alpha value is -2.93. The summed E-state index contributed by atoms with van der Waals surface area (Å²) in [6.07, 6.45) is 1.50. The van der Waals surface area contributed by atoms with Crippen LogP contribution in [0.15, 0.2) is 36.5 Å². The summed E-state index contributed by atoms with van der Waals surface area (Å²) in [6.45, 7) is 7.59. The molecule has 0 saturated heterocycles. The van der Waals surface area contributed by atoms with Crippen LogP contribution >= 0.6 is 0 Å². The van der Waals surface area contributed by atoms with Crippen molar-refractivity contribution in [3.8, 4) is 11.6 Å². The monoisotopic (exact) mass is 370 g/mol. The normalized spacial score (nSPS) is 11.8. The van der Waals surface area contributed by atoms with Crippen molar-refractivity contribution in [2.24, 2.45) is 11.7 Å². The van der Waals surface area contributed by atoms with Crippen LogP contribution in [0.3, 0.4) is 0 Å². The minimum absolute atomic E-state index is 0.00197. The van der Waals surface area contributed by atoms with Crippen LogP contribution < -0.4 is 21.1 Å². The van der Waals surface area contributed by atoms with Crippen LogP contribution in [0.4, 0.5) is 5.69 Å². The van der Waals surface area contributed by atoms with Gasteiger partial charge in [-0.2, -0.15) is 0 Å². The van der Waals surface area contributed by atoms with Crippen molar-refractivity contribution in [1.29, 1.82) is 0 Å². The van der Waals surface area contributed by atoms with Crippen molar-refractivity contribution in [3.05, 3.63) is 47.7 Å². The molecule has 2 aromatic rings. The number of pyridine rings is 1. The van der Waals surface area contributed by atoms with Crippen molar-refractivity contribution in [1.82, 2.24) is 10.3 Å². The van der Waals surface area contributed by atoms with E-state index in [0.717, 1.165) is 5.56 Å². The lowest BCUT2D eigenvalue weighted by Crippen LogP contribution is -2.46. The van der Waals surface area contributed by atoms with E-state index in [-0.39, 0.29) is 24.3 Å². The summed E-state index contributed by atoms with van der Waals surface area (Å²) < 4.78 is 5.71. The predicted molar refractivity (Wildman–Crippen MR) is 105 cm³/mol. The zero-order chi connectivity index (χ0) is 20.0. The molecule has 0 unspecified atom stereocenters. The van der Waals surface area contributed by atoms with Gasteiger partial charge in [0.15, 0.2) is 0 Å². The molecule has 2 rings (SSSR count). The van der Waals surface area contributed by atoms with Crippen molar-refractivity contribution in [2.75, 3.05) is 11.9 Å². The van der Waals surface area contributed by atoms with Gasteiger partial charge >= 0.3 is 0 Å². The van der Waals surface area contributed by atoms with E-state index in [1.807, 2.05) is 45.9 Å². The lowest BCUT2D eigenvalue weighted by atomic mass is 10.1. The molecule has 0 aliphatic rings. The number of rotatable bonds is 7. The van der Waals surface area contributed by atoms with Gasteiger partial charge in [-0.05, 0) is 49.1 Å². The van der Waals surface area contributed by atoms with Gasteiger partial charge in [0.2, 0.25) is 17.7 Å². The highest BCUT2D eigenvalue weighted by Gasteiger charge is 2.17. The number of anilines is 1. The average Bonchev–Trinajstić information content (AvgIpc) is 2.63. The van der Waals surface area contributed by atoms with E-state index in [1.54, 1.807) is 12.1 Å². The van der Waals surface area contributed by atoms with Gasteiger partial charge in [-0.3, -0.25) is 9.59 Å². The number of benzene rings is 1. The Balaban J connectivity index is 1.86. The Bertz CT molecular complexity index is 803. The number of aryl methyl sites for hydroxylation is 2. The summed E-state index contributed by atoms with van der Waals surface area (Å²) in [4.78, 5) is 27.9. The van der Waals surface area contributed by atoms with Crippen molar-refractivity contribution in [3.63, 3.8) is 0 Å². The van der Waals surface area contributed by atoms with E-state index in [2.05, 4.69) is 15.6 Å². The first-order valence-corrected chi connectivity index (χ1v) is 8.80. The number of ether oxygens (including phenoxy) is 1. The van der Waals surface area contributed by atoms with Crippen LogP contribution in [0.2, 0.25) is 0 Å². The molecule has 0 spiro atoms. The Morgan fingerprint density at radius 3 is 2.48 bits per heavy atom. The van der Waals surface area contributed by atoms with E-state index < -0.39 is 6.04 Å². The molecule has 1 aromatic heterocycles. The summed E-state index contributed by atoms with van der Waals surface area (Å²) in [6, 6.07) is 8.52. The molecule has 1 aromatic carbocycles. The molecule has 1 atom stereocenters. The molecule has 144 valence electrons. The van der Waals surface area contributed by atoms with Crippen molar-refractivity contribution >= 4 is 17.5 Å². The minimum Gasteiger partial charge on any atom is -0.439 e. The number of carbonyl (C=O) groups excluding carboxylic acids is 2. The zero-order valence-corrected chi connectivity index (χ0v) is 16.1. The summed E-state index contributed by atoms with van der Waals surface area (Å²) in [7, 11) is 0. The Morgan fingerprint density at radius 2 is 1.89 bits per heavy atom. The number of carbonyl (C=O) groups is 2. The molecule has 0 aliphatic carbocycles. The highest BCUT2D eigenvalue weighted by Crippen LogP contribution is 2.22. The summed E-state index contributed by atoms with van der Waals surface area (Å²) >= 11 is 0. The Morgan fingerprint density at radius 1 is 1.15 bits per heavy atom. The molecule has 0 fully saturated rings. The van der Waals surface area contributed by atoms with Gasteiger partial charge in [0.25, 0.3) is 0 Å². The number of amides is 2. The number of hydrogen-bond acceptors (Lipinski definition) is 5. The van der Waals surface area contributed by atoms with Crippen LogP contribution in [0.5, 0.6) is 11.6 Å². The lowest BCUT2D eigenvalue weighted by Gasteiger charge is -2.15. The molecule has 0 bridgehead atoms. The molecule has 2 amide bonds. The second-order valence-corrected chi connectivity index (χ2v) is 6.77. The van der Waals surface area contributed by atoms with Gasteiger partial charge in [-0.25, -0.2) is 4.98 Å². The van der Waals surface area contributed by atoms with E-state index in [4.69, 9.17) is 10.5 Å². The third-order valence-corrected chi connectivity index (χ3v) is 4.17. The van der Waals surface area contributed by atoms with Gasteiger partial charge < -0.3 is 21.1 Å². The van der Waals surface area contributed by atoms with Crippen LogP contribution in [-0.4, -0.2) is 29.4 Å². The number of nitrogens with one attached hydrogen (secondary N) is 2. The Labute approximate surface area is 159 Å². The summed E-state index contributed by atoms with van der Waals surface area (Å²) in [5.74, 6) is 0.417. The average molecular weight is 370 g/mol. The number of aromatic nitrogens is 1. The minimum atomic E-state index is -0.638. The quantitative estimate of drug-likeness (QED) is 0.694. The van der Waals surface area contributed by atoms with E-state index in [0.29, 0.717) is 17.3 Å². The van der Waals surface area contributed by atoms with Crippen LogP contribution in [-0.2, 0) is 9.59 Å². The standard InChI is InChI=1S/C20H26N4O3/c1-12(2)19(21)20(26)23-11-17(25)24-15-6-8-18(22-10-15)27-16-7-5-13(3)14(4)9-16/h5-10,12,19H,11,21H2,1-4H3,(H,23,26)(H,24,25)/t19-/m0/s1. The maximum Gasteiger partial charge on any atom is 0.243 e. The molecule has 0 saturated carbocycles. The molecule has 4 N–H and O–H groups in total. The molecule has 0 aliphatic heterocycles. The maximum absolute atomic E-state index is 11.9. The highest BCUT2D eigenvalue weighted by atomic mass is 16.5. The van der Waals surface area contributed by atoms with Crippen LogP contribution in [0, 0.1) is 19.8 Å². The Kier molecular flexibility index (Phi) is 6.90. The zero-order valence-electron chi connectivity index (χ0n) is 16.1. The number of hydrogen-bond donors (Lipinski definition) is 3. The first-order valence-electron chi connectivity index (χ1n) is 8.80. The van der Waals surface area contributed by atoms with Gasteiger partial charge in [-0.1, -0.05) is 19.9 Å². The van der Waals surface area contributed by atoms with Gasteiger partial charge in [-0.15, -0.1) is 0 Å². The first kappa shape index (κ1) is 20.4. The summed E-state index contributed by atoms with van der Waals surface area (Å²) in [5, 5.41) is 5.18. The first-order chi connectivity index (χ1) is 12.8. The van der Waals surface area contributed by atoms with Gasteiger partial charge in [0.05, 0.1) is 24.5 Å². The second-order valence-electron chi connectivity index (χ2n) is 6.77. The predicted octanol–water partition coefficient (Wildman–Crippen LogP) is 2.53. The largest absolute Gasteiger partial charge is 0.439 e. The fourth-order valence-corrected chi connectivity index (χ4v) is 2.21. The fourth-order valence-electron chi connectivity index (χ4n) is 2.21. The van der Waals surface area contributed by atoms with Gasteiger partial charge in [0, 0.05) is 6.07 Å². The smallest absolute Gasteiger partial charge is 0.243 e. The third-order valence-electron chi connectivity index (χ3n) is 4.17. The highest BCUT2D eigenvalue weighted by molar-refractivity contribution is 5.95. The topological polar surface area (TPSA) is 106 Å². The molecule has 27 heavy (non-hydrogen) atoms. The second kappa shape index (κ2) is 9.14. The van der Waals surface area contributed by atoms with Crippen molar-refractivity contribution in [2.45, 2.75) is 33.7 Å². The molecular formula is C20H26N4O3. The SMILES string of the molecule is Cc1ccc(Oc2ccc(NC(=O)CNC(=O)[C@@H](N)C(C)C)cn2)cc1C. The van der Waals surface area contributed by atoms with E-state index >= 15 is 0 Å². The molecule has 1 heterocycles. The lowest BCUT2D eigenvalue weighted by molar-refractivity contribution is -0.125. The fraction of sp³-hybridized carbons (Fsp3) is 0.350. The van der Waals surface area contributed by atoms with Crippen molar-refractivity contribution < 1.29 is 14.3 Å². The van der Waals surface area contributed by atoms with Crippen LogP contribution in [0.25, 0.3) is 0 Å². The maximum atomic E-state index is 11.9. The third kappa shape index (κ3) is 6.07. The molecular weight excluding hydrogens is 344 g/mol. The number of nitrogens with two attached hydrogens (primary N) is 1. The van der Waals surface area contributed by atoms with Gasteiger partial charge in [0.1, 0.15) is 5.75 Å². The number of nitrogens with zero attached hydrogens (tertiary/aromatic N) is 1. The van der Waals surface area contributed by atoms with E-state index in [9.17, 15) is 9.59 Å². The summed E-state index contributed by atoms with van der Waals surface area (Å²) in [5.41, 5.74) is 8.56. The van der Waals surface area contributed by atoms with E-state index in [1.165, 1.54) is 11.8 Å². The molecule has 7 heteroatoms. The molecule has 0 radical (unpaired) electrons. The molecule has 7 nitrogen and oxygen atoms in total. The van der Waals surface area contributed by atoms with Crippen LogP contribution in [0.1, 0.15) is 25.0 Å².